The second kappa shape index (κ2) is 6.02. The van der Waals surface area contributed by atoms with Crippen LogP contribution in [0.15, 0.2) is 54.7 Å². The number of imidazole rings is 1. The molecule has 0 saturated carbocycles. The van der Waals surface area contributed by atoms with Gasteiger partial charge in [-0.2, -0.15) is 0 Å². The van der Waals surface area contributed by atoms with E-state index in [1.165, 1.54) is 0 Å². The van der Waals surface area contributed by atoms with Crippen molar-refractivity contribution in [1.29, 1.82) is 0 Å². The lowest BCUT2D eigenvalue weighted by atomic mass is 10.2. The highest BCUT2D eigenvalue weighted by Gasteiger charge is 2.18. The molecule has 0 atom stereocenters. The van der Waals surface area contributed by atoms with Crippen LogP contribution in [0.4, 0.5) is 0 Å². The number of amides is 1. The normalized spacial score (nSPS) is 10.8. The van der Waals surface area contributed by atoms with E-state index in [1.54, 1.807) is 0 Å². The van der Waals surface area contributed by atoms with Crippen LogP contribution in [0.25, 0.3) is 5.65 Å². The summed E-state index contributed by atoms with van der Waals surface area (Å²) in [6.45, 7) is 5.25. The van der Waals surface area contributed by atoms with Crippen molar-refractivity contribution in [3.05, 3.63) is 71.7 Å². The number of aromatic nitrogens is 2. The Kier molecular flexibility index (Phi) is 3.92. The van der Waals surface area contributed by atoms with E-state index >= 15 is 0 Å². The third-order valence-electron chi connectivity index (χ3n) is 3.80. The van der Waals surface area contributed by atoms with Crippen LogP contribution in [0, 0.1) is 6.92 Å². The molecule has 2 heterocycles. The molecule has 22 heavy (non-hydrogen) atoms. The second-order valence-corrected chi connectivity index (χ2v) is 5.33. The topological polar surface area (TPSA) is 37.6 Å². The molecular formula is C18H19N3O. The minimum Gasteiger partial charge on any atom is -0.333 e. The van der Waals surface area contributed by atoms with Crippen LogP contribution >= 0.6 is 0 Å². The van der Waals surface area contributed by atoms with Crippen LogP contribution in [0.1, 0.15) is 28.7 Å². The highest BCUT2D eigenvalue weighted by Crippen LogP contribution is 2.12. The zero-order valence-corrected chi connectivity index (χ0v) is 12.9. The molecule has 0 N–H and O–H groups in total. The van der Waals surface area contributed by atoms with Crippen LogP contribution in [0.5, 0.6) is 0 Å². The van der Waals surface area contributed by atoms with Gasteiger partial charge in [-0.15, -0.1) is 0 Å². The molecule has 112 valence electrons. The van der Waals surface area contributed by atoms with Crippen molar-refractivity contribution in [3.8, 4) is 0 Å². The quantitative estimate of drug-likeness (QED) is 0.740. The summed E-state index contributed by atoms with van der Waals surface area (Å²) in [6, 6.07) is 15.9. The molecule has 1 amide bonds. The average Bonchev–Trinajstić information content (AvgIpc) is 2.98. The SMILES string of the molecule is CCN(Cc1ccccc1)C(=O)c1cn2c(C)cccc2n1. The zero-order chi connectivity index (χ0) is 15.5. The number of hydrogen-bond donors (Lipinski definition) is 0. The lowest BCUT2D eigenvalue weighted by molar-refractivity contribution is 0.0747. The standard InChI is InChI=1S/C18H19N3O/c1-3-20(12-15-9-5-4-6-10-15)18(22)16-13-21-14(2)8-7-11-17(21)19-16/h4-11,13H,3,12H2,1-2H3. The minimum absolute atomic E-state index is 0.0329. The smallest absolute Gasteiger partial charge is 0.274 e. The van der Waals surface area contributed by atoms with Gasteiger partial charge in [-0.3, -0.25) is 4.79 Å². The molecule has 0 aliphatic rings. The van der Waals surface area contributed by atoms with Gasteiger partial charge in [0.05, 0.1) is 0 Å². The molecular weight excluding hydrogens is 274 g/mol. The fourth-order valence-corrected chi connectivity index (χ4v) is 2.54. The van der Waals surface area contributed by atoms with Crippen LogP contribution in [0.3, 0.4) is 0 Å². The van der Waals surface area contributed by atoms with Gasteiger partial charge in [-0.05, 0) is 31.5 Å². The van der Waals surface area contributed by atoms with Gasteiger partial charge in [-0.1, -0.05) is 36.4 Å². The van der Waals surface area contributed by atoms with Gasteiger partial charge in [0, 0.05) is 25.0 Å². The summed E-state index contributed by atoms with van der Waals surface area (Å²) in [5, 5.41) is 0. The van der Waals surface area contributed by atoms with Crippen molar-refractivity contribution in [2.45, 2.75) is 20.4 Å². The molecule has 0 bridgehead atoms. The molecule has 0 fully saturated rings. The van der Waals surface area contributed by atoms with Gasteiger partial charge >= 0.3 is 0 Å². The summed E-state index contributed by atoms with van der Waals surface area (Å²) in [6.07, 6.45) is 1.82. The average molecular weight is 293 g/mol. The van der Waals surface area contributed by atoms with Crippen LogP contribution in [-0.2, 0) is 6.54 Å². The van der Waals surface area contributed by atoms with E-state index in [0.29, 0.717) is 18.8 Å². The van der Waals surface area contributed by atoms with Gasteiger partial charge in [-0.25, -0.2) is 4.98 Å². The monoisotopic (exact) mass is 293 g/mol. The summed E-state index contributed by atoms with van der Waals surface area (Å²) in [5.41, 5.74) is 3.49. The Labute approximate surface area is 130 Å². The van der Waals surface area contributed by atoms with Gasteiger partial charge < -0.3 is 9.30 Å². The number of aryl methyl sites for hydroxylation is 1. The predicted molar refractivity (Wildman–Crippen MR) is 86.8 cm³/mol. The molecule has 4 heteroatoms. The summed E-state index contributed by atoms with van der Waals surface area (Å²) in [7, 11) is 0. The van der Waals surface area contributed by atoms with Crippen molar-refractivity contribution >= 4 is 11.6 Å². The Morgan fingerprint density at radius 1 is 1.14 bits per heavy atom. The Bertz CT molecular complexity index is 792. The highest BCUT2D eigenvalue weighted by atomic mass is 16.2. The number of nitrogens with zero attached hydrogens (tertiary/aromatic N) is 3. The zero-order valence-electron chi connectivity index (χ0n) is 12.9. The van der Waals surface area contributed by atoms with E-state index < -0.39 is 0 Å². The van der Waals surface area contributed by atoms with E-state index in [0.717, 1.165) is 16.9 Å². The number of benzene rings is 1. The molecule has 0 saturated heterocycles. The lowest BCUT2D eigenvalue weighted by Gasteiger charge is -2.19. The molecule has 0 aliphatic heterocycles. The van der Waals surface area contributed by atoms with E-state index in [9.17, 15) is 4.79 Å². The maximum atomic E-state index is 12.7. The Morgan fingerprint density at radius 2 is 1.91 bits per heavy atom. The first kappa shape index (κ1) is 14.3. The van der Waals surface area contributed by atoms with E-state index in [2.05, 4.69) is 4.98 Å². The number of pyridine rings is 1. The fourth-order valence-electron chi connectivity index (χ4n) is 2.54. The maximum absolute atomic E-state index is 12.7. The van der Waals surface area contributed by atoms with Gasteiger partial charge in [0.15, 0.2) is 0 Å². The molecule has 2 aromatic heterocycles. The lowest BCUT2D eigenvalue weighted by Crippen LogP contribution is -2.30. The van der Waals surface area contributed by atoms with E-state index in [1.807, 2.05) is 77.9 Å². The van der Waals surface area contributed by atoms with Crippen molar-refractivity contribution in [2.75, 3.05) is 6.54 Å². The second-order valence-electron chi connectivity index (χ2n) is 5.33. The van der Waals surface area contributed by atoms with Gasteiger partial charge in [0.25, 0.3) is 5.91 Å². The van der Waals surface area contributed by atoms with Crippen molar-refractivity contribution in [3.63, 3.8) is 0 Å². The fraction of sp³-hybridized carbons (Fsp3) is 0.222. The first-order chi connectivity index (χ1) is 10.7. The molecule has 3 rings (SSSR count). The molecule has 0 aliphatic carbocycles. The van der Waals surface area contributed by atoms with Gasteiger partial charge in [0.2, 0.25) is 0 Å². The van der Waals surface area contributed by atoms with Crippen LogP contribution < -0.4 is 0 Å². The Balaban J connectivity index is 1.88. The third-order valence-corrected chi connectivity index (χ3v) is 3.80. The first-order valence-corrected chi connectivity index (χ1v) is 7.47. The molecule has 0 spiro atoms. The highest BCUT2D eigenvalue weighted by molar-refractivity contribution is 5.92. The number of carbonyl (C=O) groups excluding carboxylic acids is 1. The first-order valence-electron chi connectivity index (χ1n) is 7.47. The molecule has 1 aromatic carbocycles. The van der Waals surface area contributed by atoms with Crippen LogP contribution in [0.2, 0.25) is 0 Å². The number of fused-ring (bicyclic) bond motifs is 1. The third kappa shape index (κ3) is 2.72. The van der Waals surface area contributed by atoms with E-state index in [-0.39, 0.29) is 5.91 Å². The summed E-state index contributed by atoms with van der Waals surface area (Å²) in [4.78, 5) is 19.0. The number of rotatable bonds is 4. The summed E-state index contributed by atoms with van der Waals surface area (Å²) >= 11 is 0. The molecule has 0 radical (unpaired) electrons. The van der Waals surface area contributed by atoms with Crippen molar-refractivity contribution < 1.29 is 4.79 Å². The van der Waals surface area contributed by atoms with Crippen molar-refractivity contribution in [2.24, 2.45) is 0 Å². The largest absolute Gasteiger partial charge is 0.333 e. The summed E-state index contributed by atoms with van der Waals surface area (Å²) < 4.78 is 1.95. The molecule has 0 unspecified atom stereocenters. The Morgan fingerprint density at radius 3 is 2.59 bits per heavy atom. The Hall–Kier alpha value is -2.62. The van der Waals surface area contributed by atoms with Crippen molar-refractivity contribution in [1.82, 2.24) is 14.3 Å². The molecule has 3 aromatic rings. The minimum atomic E-state index is -0.0329. The van der Waals surface area contributed by atoms with Gasteiger partial charge in [0.1, 0.15) is 11.3 Å². The van der Waals surface area contributed by atoms with E-state index in [4.69, 9.17) is 0 Å². The number of carbonyl (C=O) groups is 1. The molecule has 4 nitrogen and oxygen atoms in total. The summed E-state index contributed by atoms with van der Waals surface area (Å²) in [5.74, 6) is -0.0329. The van der Waals surface area contributed by atoms with Crippen LogP contribution in [-0.4, -0.2) is 26.7 Å². The number of hydrogen-bond acceptors (Lipinski definition) is 2. The predicted octanol–water partition coefficient (Wildman–Crippen LogP) is 3.31. The maximum Gasteiger partial charge on any atom is 0.274 e.